The fraction of sp³-hybridized carbons (Fsp3) is 1.00. The molecule has 18 heavy (non-hydrogen) atoms. The first-order valence-corrected chi connectivity index (χ1v) is 7.76. The topological polar surface area (TPSA) is 15.3 Å². The van der Waals surface area contributed by atoms with Crippen LogP contribution in [0.15, 0.2) is 0 Å². The van der Waals surface area contributed by atoms with Crippen LogP contribution in [0, 0.1) is 11.3 Å². The highest BCUT2D eigenvalue weighted by Gasteiger charge is 2.29. The summed E-state index contributed by atoms with van der Waals surface area (Å²) in [7, 11) is 4.34. The van der Waals surface area contributed by atoms with Gasteiger partial charge in [0.2, 0.25) is 0 Å². The maximum absolute atomic E-state index is 3.90. The number of nitrogens with zero attached hydrogens (tertiary/aromatic N) is 1. The number of hydrogen-bond donors (Lipinski definition) is 1. The van der Waals surface area contributed by atoms with Crippen molar-refractivity contribution in [1.29, 1.82) is 0 Å². The minimum atomic E-state index is 0.336. The summed E-state index contributed by atoms with van der Waals surface area (Å²) < 4.78 is 0. The Morgan fingerprint density at radius 3 is 2.50 bits per heavy atom. The molecule has 1 aliphatic carbocycles. The Morgan fingerprint density at radius 1 is 1.28 bits per heavy atom. The zero-order chi connectivity index (χ0) is 13.8. The van der Waals surface area contributed by atoms with Gasteiger partial charge in [0.05, 0.1) is 0 Å². The van der Waals surface area contributed by atoms with Crippen LogP contribution in [0.25, 0.3) is 0 Å². The normalized spacial score (nSPS) is 27.5. The highest BCUT2D eigenvalue weighted by Crippen LogP contribution is 2.29. The molecular formula is C16H34N2. The van der Waals surface area contributed by atoms with E-state index in [-0.39, 0.29) is 0 Å². The van der Waals surface area contributed by atoms with Gasteiger partial charge >= 0.3 is 0 Å². The van der Waals surface area contributed by atoms with E-state index in [1.807, 2.05) is 0 Å². The van der Waals surface area contributed by atoms with Gasteiger partial charge in [-0.15, -0.1) is 0 Å². The second-order valence-electron chi connectivity index (χ2n) is 7.25. The summed E-state index contributed by atoms with van der Waals surface area (Å²) in [6.45, 7) is 10.6. The van der Waals surface area contributed by atoms with Crippen LogP contribution in [0.3, 0.4) is 0 Å². The molecule has 0 aromatic rings. The van der Waals surface area contributed by atoms with Crippen LogP contribution in [-0.4, -0.2) is 37.6 Å². The SMILES string of the molecule is CC[C@@H]1CCC[C@@H](N[C@@H](C)C(C)(C)CN(C)C)C1. The Morgan fingerprint density at radius 2 is 1.94 bits per heavy atom. The van der Waals surface area contributed by atoms with E-state index >= 15 is 0 Å². The summed E-state index contributed by atoms with van der Waals surface area (Å²) in [6.07, 6.45) is 6.98. The standard InChI is InChI=1S/C16H34N2/c1-7-14-9-8-10-15(11-14)17-13(2)16(3,4)12-18(5)6/h13-15,17H,7-12H2,1-6H3/t13-,14+,15+/m0/s1. The van der Waals surface area contributed by atoms with E-state index in [2.05, 4.69) is 52.0 Å². The largest absolute Gasteiger partial charge is 0.311 e. The van der Waals surface area contributed by atoms with E-state index in [9.17, 15) is 0 Å². The lowest BCUT2D eigenvalue weighted by atomic mass is 9.81. The highest BCUT2D eigenvalue weighted by atomic mass is 15.1. The third-order valence-corrected chi connectivity index (χ3v) is 4.74. The van der Waals surface area contributed by atoms with Crippen LogP contribution >= 0.6 is 0 Å². The van der Waals surface area contributed by atoms with E-state index in [4.69, 9.17) is 0 Å². The summed E-state index contributed by atoms with van der Waals surface area (Å²) in [5, 5.41) is 3.90. The molecule has 1 aliphatic rings. The molecule has 0 heterocycles. The highest BCUT2D eigenvalue weighted by molar-refractivity contribution is 4.87. The first-order valence-electron chi connectivity index (χ1n) is 7.76. The van der Waals surface area contributed by atoms with Crippen molar-refractivity contribution in [3.63, 3.8) is 0 Å². The first-order chi connectivity index (χ1) is 8.35. The Labute approximate surface area is 115 Å². The molecule has 0 spiro atoms. The molecule has 1 N–H and O–H groups in total. The molecule has 2 heteroatoms. The van der Waals surface area contributed by atoms with Crippen molar-refractivity contribution in [3.8, 4) is 0 Å². The molecule has 2 nitrogen and oxygen atoms in total. The summed E-state index contributed by atoms with van der Waals surface area (Å²) in [4.78, 5) is 2.30. The fourth-order valence-electron chi connectivity index (χ4n) is 3.34. The van der Waals surface area contributed by atoms with E-state index in [0.717, 1.165) is 18.5 Å². The molecule has 0 aromatic heterocycles. The van der Waals surface area contributed by atoms with Crippen LogP contribution in [-0.2, 0) is 0 Å². The molecule has 1 fully saturated rings. The molecule has 0 unspecified atom stereocenters. The van der Waals surface area contributed by atoms with Crippen LogP contribution < -0.4 is 5.32 Å². The lowest BCUT2D eigenvalue weighted by Crippen LogP contribution is -2.50. The lowest BCUT2D eigenvalue weighted by Gasteiger charge is -2.39. The summed E-state index contributed by atoms with van der Waals surface area (Å²) in [6, 6.07) is 1.33. The second-order valence-corrected chi connectivity index (χ2v) is 7.25. The van der Waals surface area contributed by atoms with E-state index in [1.54, 1.807) is 0 Å². The molecule has 1 rings (SSSR count). The summed E-state index contributed by atoms with van der Waals surface area (Å²) in [5.74, 6) is 0.959. The fourth-order valence-corrected chi connectivity index (χ4v) is 3.34. The van der Waals surface area contributed by atoms with Gasteiger partial charge in [0.1, 0.15) is 0 Å². The van der Waals surface area contributed by atoms with Crippen LogP contribution in [0.2, 0.25) is 0 Å². The van der Waals surface area contributed by atoms with Gasteiger partial charge in [-0.1, -0.05) is 40.0 Å². The second kappa shape index (κ2) is 6.91. The van der Waals surface area contributed by atoms with Gasteiger partial charge < -0.3 is 10.2 Å². The molecule has 0 aromatic carbocycles. The van der Waals surface area contributed by atoms with Gasteiger partial charge in [0, 0.05) is 18.6 Å². The molecule has 3 atom stereocenters. The molecule has 1 saturated carbocycles. The Bertz CT molecular complexity index is 235. The first kappa shape index (κ1) is 16.0. The predicted octanol–water partition coefficient (Wildman–Crippen LogP) is 3.52. The number of hydrogen-bond acceptors (Lipinski definition) is 2. The van der Waals surface area contributed by atoms with Crippen molar-refractivity contribution in [1.82, 2.24) is 10.2 Å². The molecule has 0 aliphatic heterocycles. The quantitative estimate of drug-likeness (QED) is 0.780. The van der Waals surface area contributed by atoms with Crippen LogP contribution in [0.5, 0.6) is 0 Å². The number of nitrogens with one attached hydrogen (secondary N) is 1. The Balaban J connectivity index is 2.45. The minimum absolute atomic E-state index is 0.336. The van der Waals surface area contributed by atoms with Crippen molar-refractivity contribution < 1.29 is 0 Å². The zero-order valence-corrected chi connectivity index (χ0v) is 13.4. The average Bonchev–Trinajstić information content (AvgIpc) is 2.27. The molecule has 108 valence electrons. The van der Waals surface area contributed by atoms with Crippen molar-refractivity contribution in [2.45, 2.75) is 71.9 Å². The third-order valence-electron chi connectivity index (χ3n) is 4.74. The summed E-state index contributed by atoms with van der Waals surface area (Å²) in [5.41, 5.74) is 0.336. The van der Waals surface area contributed by atoms with Gasteiger partial charge in [0.25, 0.3) is 0 Å². The smallest absolute Gasteiger partial charge is 0.0105 e. The van der Waals surface area contributed by atoms with E-state index < -0.39 is 0 Å². The average molecular weight is 254 g/mol. The molecule has 0 amide bonds. The monoisotopic (exact) mass is 254 g/mol. The molecule has 0 bridgehead atoms. The van der Waals surface area contributed by atoms with Crippen molar-refractivity contribution in [2.24, 2.45) is 11.3 Å². The molecule has 0 saturated heterocycles. The molecular weight excluding hydrogens is 220 g/mol. The Hall–Kier alpha value is -0.0800. The van der Waals surface area contributed by atoms with Gasteiger partial charge in [-0.2, -0.15) is 0 Å². The van der Waals surface area contributed by atoms with Crippen molar-refractivity contribution in [2.75, 3.05) is 20.6 Å². The lowest BCUT2D eigenvalue weighted by molar-refractivity contribution is 0.157. The van der Waals surface area contributed by atoms with Gasteiger partial charge in [-0.3, -0.25) is 0 Å². The predicted molar refractivity (Wildman–Crippen MR) is 81.0 cm³/mol. The van der Waals surface area contributed by atoms with Crippen molar-refractivity contribution >= 4 is 0 Å². The van der Waals surface area contributed by atoms with Gasteiger partial charge in [-0.05, 0) is 45.2 Å². The van der Waals surface area contributed by atoms with Crippen molar-refractivity contribution in [3.05, 3.63) is 0 Å². The maximum atomic E-state index is 3.90. The zero-order valence-electron chi connectivity index (χ0n) is 13.4. The number of rotatable bonds is 6. The van der Waals surface area contributed by atoms with E-state index in [1.165, 1.54) is 32.1 Å². The Kier molecular flexibility index (Phi) is 6.13. The molecule has 0 radical (unpaired) electrons. The van der Waals surface area contributed by atoms with Crippen LogP contribution in [0.1, 0.15) is 59.8 Å². The van der Waals surface area contributed by atoms with Crippen LogP contribution in [0.4, 0.5) is 0 Å². The maximum Gasteiger partial charge on any atom is 0.0105 e. The van der Waals surface area contributed by atoms with Gasteiger partial charge in [0.15, 0.2) is 0 Å². The summed E-state index contributed by atoms with van der Waals surface area (Å²) >= 11 is 0. The van der Waals surface area contributed by atoms with Gasteiger partial charge in [-0.25, -0.2) is 0 Å². The minimum Gasteiger partial charge on any atom is -0.311 e. The third kappa shape index (κ3) is 4.89. The van der Waals surface area contributed by atoms with E-state index in [0.29, 0.717) is 11.5 Å².